The second kappa shape index (κ2) is 11.1. The molecule has 0 aliphatic rings. The average molecular weight is 494 g/mol. The van der Waals surface area contributed by atoms with Gasteiger partial charge in [0.15, 0.2) is 11.5 Å². The molecular weight excluding hydrogens is 475 g/mol. The lowest BCUT2D eigenvalue weighted by Crippen LogP contribution is -2.17. The van der Waals surface area contributed by atoms with Crippen molar-refractivity contribution in [2.75, 3.05) is 14.2 Å². The van der Waals surface area contributed by atoms with Crippen molar-refractivity contribution in [1.29, 1.82) is 0 Å². The molecule has 0 radical (unpaired) electrons. The second-order valence-electron chi connectivity index (χ2n) is 6.48. The molecule has 0 aliphatic heterocycles. The van der Waals surface area contributed by atoms with Gasteiger partial charge in [-0.05, 0) is 54.1 Å². The van der Waals surface area contributed by atoms with Crippen LogP contribution in [0.5, 0.6) is 17.2 Å². The van der Waals surface area contributed by atoms with Gasteiger partial charge in [-0.2, -0.15) is 5.10 Å². The maximum Gasteiger partial charge on any atom is 0.271 e. The molecule has 3 rings (SSSR count). The molecule has 0 spiro atoms. The van der Waals surface area contributed by atoms with Crippen LogP contribution in [0.15, 0.2) is 59.7 Å². The molecule has 6 nitrogen and oxygen atoms in total. The van der Waals surface area contributed by atoms with E-state index in [0.717, 1.165) is 5.56 Å². The van der Waals surface area contributed by atoms with E-state index >= 15 is 0 Å². The minimum atomic E-state index is -0.395. The number of nitrogens with zero attached hydrogens (tertiary/aromatic N) is 1. The van der Waals surface area contributed by atoms with Crippen molar-refractivity contribution < 1.29 is 19.0 Å². The number of ether oxygens (including phenoxy) is 3. The van der Waals surface area contributed by atoms with Crippen LogP contribution < -0.4 is 19.6 Å². The zero-order valence-corrected chi connectivity index (χ0v) is 19.5. The van der Waals surface area contributed by atoms with Gasteiger partial charge in [0.1, 0.15) is 12.4 Å². The minimum absolute atomic E-state index is 0.241. The minimum Gasteiger partial charge on any atom is -0.493 e. The second-order valence-corrected chi connectivity index (χ2v) is 7.73. The number of nitrogens with one attached hydrogen (secondary N) is 1. The summed E-state index contributed by atoms with van der Waals surface area (Å²) in [4.78, 5) is 12.3. The first-order valence-corrected chi connectivity index (χ1v) is 10.5. The molecule has 0 aliphatic carbocycles. The number of hydrazone groups is 1. The molecule has 3 aromatic rings. The average Bonchev–Trinajstić information content (AvgIpc) is 2.79. The fraction of sp³-hybridized carbons (Fsp3) is 0.130. The third-order valence-electron chi connectivity index (χ3n) is 4.38. The number of halogens is 3. The van der Waals surface area contributed by atoms with E-state index in [0.29, 0.717) is 43.4 Å². The Balaban J connectivity index is 1.60. The lowest BCUT2D eigenvalue weighted by atomic mass is 10.2. The van der Waals surface area contributed by atoms with Crippen LogP contribution in [0.3, 0.4) is 0 Å². The van der Waals surface area contributed by atoms with E-state index < -0.39 is 5.91 Å². The first kappa shape index (κ1) is 23.7. The predicted octanol–water partition coefficient (Wildman–Crippen LogP) is 6.01. The molecule has 0 saturated heterocycles. The highest BCUT2D eigenvalue weighted by atomic mass is 35.5. The number of rotatable bonds is 8. The number of benzene rings is 3. The molecule has 0 heterocycles. The van der Waals surface area contributed by atoms with E-state index in [-0.39, 0.29) is 6.61 Å². The molecule has 166 valence electrons. The summed E-state index contributed by atoms with van der Waals surface area (Å²) in [6.07, 6.45) is 1.48. The van der Waals surface area contributed by atoms with Crippen LogP contribution in [0, 0.1) is 0 Å². The summed E-state index contributed by atoms with van der Waals surface area (Å²) in [5.41, 5.74) is 4.31. The first-order chi connectivity index (χ1) is 15.4. The van der Waals surface area contributed by atoms with Crippen LogP contribution in [-0.4, -0.2) is 26.3 Å². The number of amides is 1. The Morgan fingerprint density at radius 3 is 2.34 bits per heavy atom. The summed E-state index contributed by atoms with van der Waals surface area (Å²) in [5, 5.41) is 5.44. The normalized spacial score (nSPS) is 10.8. The zero-order valence-electron chi connectivity index (χ0n) is 17.2. The van der Waals surface area contributed by atoms with Gasteiger partial charge in [0.25, 0.3) is 5.91 Å². The molecule has 0 fully saturated rings. The standard InChI is InChI=1S/C23H19Cl3N2O4/c1-30-21-8-5-15(10-22(21)31-2)23(29)28-27-12-14-3-7-20(19(26)9-14)32-13-16-4-6-17(24)11-18(16)25/h3-12H,13H2,1-2H3,(H,28,29)/b27-12+. The molecule has 9 heteroatoms. The molecule has 3 aromatic carbocycles. The van der Waals surface area contributed by atoms with Gasteiger partial charge in [-0.3, -0.25) is 4.79 Å². The van der Waals surface area contributed by atoms with Crippen molar-refractivity contribution in [1.82, 2.24) is 5.43 Å². The van der Waals surface area contributed by atoms with E-state index in [2.05, 4.69) is 10.5 Å². The van der Waals surface area contributed by atoms with E-state index in [1.165, 1.54) is 20.4 Å². The van der Waals surface area contributed by atoms with E-state index in [4.69, 9.17) is 49.0 Å². The van der Waals surface area contributed by atoms with Gasteiger partial charge in [0, 0.05) is 21.2 Å². The lowest BCUT2D eigenvalue weighted by Gasteiger charge is -2.10. The number of methoxy groups -OCH3 is 2. The number of hydrogen-bond acceptors (Lipinski definition) is 5. The molecular formula is C23H19Cl3N2O4. The highest BCUT2D eigenvalue weighted by Crippen LogP contribution is 2.29. The van der Waals surface area contributed by atoms with Gasteiger partial charge in [-0.15, -0.1) is 0 Å². The van der Waals surface area contributed by atoms with Crippen LogP contribution in [0.1, 0.15) is 21.5 Å². The molecule has 0 unspecified atom stereocenters. The molecule has 32 heavy (non-hydrogen) atoms. The topological polar surface area (TPSA) is 69.2 Å². The maximum atomic E-state index is 12.3. The summed E-state index contributed by atoms with van der Waals surface area (Å²) >= 11 is 18.4. The largest absolute Gasteiger partial charge is 0.493 e. The van der Waals surface area contributed by atoms with Gasteiger partial charge in [0.2, 0.25) is 0 Å². The monoisotopic (exact) mass is 492 g/mol. The van der Waals surface area contributed by atoms with Gasteiger partial charge in [-0.25, -0.2) is 5.43 Å². The number of hydrogen-bond donors (Lipinski definition) is 1. The van der Waals surface area contributed by atoms with Gasteiger partial charge < -0.3 is 14.2 Å². The van der Waals surface area contributed by atoms with Crippen LogP contribution in [0.25, 0.3) is 0 Å². The van der Waals surface area contributed by atoms with Crippen molar-refractivity contribution in [2.24, 2.45) is 5.10 Å². The highest BCUT2D eigenvalue weighted by Gasteiger charge is 2.10. The molecule has 1 amide bonds. The maximum absolute atomic E-state index is 12.3. The summed E-state index contributed by atoms with van der Waals surface area (Å²) in [7, 11) is 3.02. The van der Waals surface area contributed by atoms with E-state index in [1.54, 1.807) is 54.6 Å². The SMILES string of the molecule is COc1ccc(C(=O)N/N=C/c2ccc(OCc3ccc(Cl)cc3Cl)c(Cl)c2)cc1OC. The fourth-order valence-electron chi connectivity index (χ4n) is 2.72. The quantitative estimate of drug-likeness (QED) is 0.308. The van der Waals surface area contributed by atoms with Crippen LogP contribution >= 0.6 is 34.8 Å². The van der Waals surface area contributed by atoms with Crippen LogP contribution in [0.4, 0.5) is 0 Å². The van der Waals surface area contributed by atoms with Crippen LogP contribution in [-0.2, 0) is 6.61 Å². The smallest absolute Gasteiger partial charge is 0.271 e. The number of carbonyl (C=O) groups excluding carboxylic acids is 1. The zero-order chi connectivity index (χ0) is 23.1. The third kappa shape index (κ3) is 6.07. The Bertz CT molecular complexity index is 1150. The fourth-order valence-corrected chi connectivity index (χ4v) is 3.42. The van der Waals surface area contributed by atoms with Gasteiger partial charge in [-0.1, -0.05) is 40.9 Å². The molecule has 0 aromatic heterocycles. The predicted molar refractivity (Wildman–Crippen MR) is 127 cm³/mol. The first-order valence-electron chi connectivity index (χ1n) is 9.33. The van der Waals surface area contributed by atoms with Crippen molar-refractivity contribution in [3.63, 3.8) is 0 Å². The lowest BCUT2D eigenvalue weighted by molar-refractivity contribution is 0.0954. The van der Waals surface area contributed by atoms with Gasteiger partial charge >= 0.3 is 0 Å². The summed E-state index contributed by atoms with van der Waals surface area (Å²) < 4.78 is 16.1. The van der Waals surface area contributed by atoms with E-state index in [9.17, 15) is 4.79 Å². The Morgan fingerprint density at radius 1 is 0.906 bits per heavy atom. The Morgan fingerprint density at radius 2 is 1.66 bits per heavy atom. The summed E-state index contributed by atoms with van der Waals surface area (Å²) in [6, 6.07) is 15.2. The highest BCUT2D eigenvalue weighted by molar-refractivity contribution is 6.35. The Hall–Kier alpha value is -2.93. The Kier molecular flexibility index (Phi) is 8.22. The number of carbonyl (C=O) groups is 1. The third-order valence-corrected chi connectivity index (χ3v) is 5.26. The van der Waals surface area contributed by atoms with E-state index in [1.807, 2.05) is 0 Å². The molecule has 0 bridgehead atoms. The van der Waals surface area contributed by atoms with Crippen LogP contribution in [0.2, 0.25) is 15.1 Å². The molecule has 1 N–H and O–H groups in total. The van der Waals surface area contributed by atoms with Crippen molar-refractivity contribution >= 4 is 46.9 Å². The van der Waals surface area contributed by atoms with Crippen molar-refractivity contribution in [3.8, 4) is 17.2 Å². The van der Waals surface area contributed by atoms with Gasteiger partial charge in [0.05, 0.1) is 25.5 Å². The molecule has 0 saturated carbocycles. The summed E-state index contributed by atoms with van der Waals surface area (Å²) in [6.45, 7) is 0.241. The Labute approximate surface area is 200 Å². The molecule has 0 atom stereocenters. The van der Waals surface area contributed by atoms with Crippen molar-refractivity contribution in [3.05, 3.63) is 86.4 Å². The van der Waals surface area contributed by atoms with Crippen molar-refractivity contribution in [2.45, 2.75) is 6.61 Å². The summed E-state index contributed by atoms with van der Waals surface area (Å²) in [5.74, 6) is 1.08.